The number of hydrogen-bond acceptors (Lipinski definition) is 7. The molecule has 8 heteroatoms. The Morgan fingerprint density at radius 3 is 1.94 bits per heavy atom. The first kappa shape index (κ1) is 25.3. The van der Waals surface area contributed by atoms with Crippen LogP contribution in [0.4, 0.5) is 5.82 Å². The molecule has 0 spiro atoms. The van der Waals surface area contributed by atoms with Gasteiger partial charge in [0.2, 0.25) is 0 Å². The van der Waals surface area contributed by atoms with Crippen molar-refractivity contribution in [1.82, 2.24) is 19.7 Å². The first-order valence-corrected chi connectivity index (χ1v) is 12.4. The van der Waals surface area contributed by atoms with Crippen molar-refractivity contribution >= 4 is 16.9 Å². The lowest BCUT2D eigenvalue weighted by atomic mass is 10.1. The van der Waals surface area contributed by atoms with Crippen LogP contribution in [0.15, 0.2) is 54.9 Å². The molecule has 0 aliphatic heterocycles. The normalized spacial score (nSPS) is 11.2. The van der Waals surface area contributed by atoms with Crippen molar-refractivity contribution in [3.63, 3.8) is 0 Å². The molecule has 8 nitrogen and oxygen atoms in total. The van der Waals surface area contributed by atoms with E-state index in [1.165, 1.54) is 0 Å². The Hall–Kier alpha value is -3.81. The standard InChI is InChI=1S/C28H35N5O3/c1-6-7-16-32-19-29-25-26(32)28(36-20(2)3)31-30-27(25)33(17-21-8-12-23(34-4)13-9-21)18-22-10-14-24(35-5)15-11-22/h8-15,19-20H,6-7,16-18H2,1-5H3. The van der Waals surface area contributed by atoms with Gasteiger partial charge >= 0.3 is 0 Å². The number of ether oxygens (including phenoxy) is 3. The molecule has 0 amide bonds. The predicted octanol–water partition coefficient (Wildman–Crippen LogP) is 5.64. The monoisotopic (exact) mass is 489 g/mol. The summed E-state index contributed by atoms with van der Waals surface area (Å²) in [5.41, 5.74) is 3.94. The molecule has 0 N–H and O–H groups in total. The van der Waals surface area contributed by atoms with Crippen LogP contribution in [0, 0.1) is 0 Å². The van der Waals surface area contributed by atoms with Crippen molar-refractivity contribution in [3.8, 4) is 17.4 Å². The summed E-state index contributed by atoms with van der Waals surface area (Å²) in [6.07, 6.45) is 4.00. The number of methoxy groups -OCH3 is 2. The number of imidazole rings is 1. The third-order valence-electron chi connectivity index (χ3n) is 5.95. The molecule has 190 valence electrons. The molecule has 4 rings (SSSR count). The van der Waals surface area contributed by atoms with Crippen LogP contribution in [0.5, 0.6) is 17.4 Å². The number of hydrogen-bond donors (Lipinski definition) is 0. The van der Waals surface area contributed by atoms with Gasteiger partial charge in [-0.05, 0) is 55.7 Å². The lowest BCUT2D eigenvalue weighted by Crippen LogP contribution is -2.24. The highest BCUT2D eigenvalue weighted by Crippen LogP contribution is 2.32. The summed E-state index contributed by atoms with van der Waals surface area (Å²) in [5.74, 6) is 2.90. The summed E-state index contributed by atoms with van der Waals surface area (Å²) in [5, 5.41) is 9.17. The minimum Gasteiger partial charge on any atom is -0.497 e. The number of nitrogens with zero attached hydrogens (tertiary/aromatic N) is 5. The Balaban J connectivity index is 1.77. The molecular formula is C28H35N5O3. The Morgan fingerprint density at radius 2 is 1.44 bits per heavy atom. The summed E-state index contributed by atoms with van der Waals surface area (Å²) in [6.45, 7) is 8.28. The second kappa shape index (κ2) is 11.7. The van der Waals surface area contributed by atoms with Crippen LogP contribution in [0.25, 0.3) is 11.0 Å². The number of anilines is 1. The van der Waals surface area contributed by atoms with Crippen LogP contribution < -0.4 is 19.1 Å². The molecule has 0 unspecified atom stereocenters. The predicted molar refractivity (Wildman–Crippen MR) is 142 cm³/mol. The topological polar surface area (TPSA) is 74.5 Å². The SMILES string of the molecule is CCCCn1cnc2c(N(Cc3ccc(OC)cc3)Cc3ccc(OC)cc3)nnc(OC(C)C)c21. The second-order valence-corrected chi connectivity index (χ2v) is 9.04. The van der Waals surface area contributed by atoms with E-state index >= 15 is 0 Å². The molecule has 2 aromatic carbocycles. The zero-order valence-electron chi connectivity index (χ0n) is 21.8. The summed E-state index contributed by atoms with van der Waals surface area (Å²) >= 11 is 0. The molecule has 0 radical (unpaired) electrons. The Labute approximate surface area is 212 Å². The van der Waals surface area contributed by atoms with Crippen molar-refractivity contribution in [2.24, 2.45) is 0 Å². The van der Waals surface area contributed by atoms with Gasteiger partial charge in [0.25, 0.3) is 5.88 Å². The molecule has 0 bridgehead atoms. The molecule has 0 saturated heterocycles. The molecule has 36 heavy (non-hydrogen) atoms. The van der Waals surface area contributed by atoms with E-state index in [-0.39, 0.29) is 6.10 Å². The molecule has 2 heterocycles. The smallest absolute Gasteiger partial charge is 0.260 e. The van der Waals surface area contributed by atoms with E-state index in [4.69, 9.17) is 19.2 Å². The molecule has 4 aromatic rings. The van der Waals surface area contributed by atoms with E-state index in [1.807, 2.05) is 44.4 Å². The zero-order valence-corrected chi connectivity index (χ0v) is 21.8. The van der Waals surface area contributed by atoms with Gasteiger partial charge in [0.15, 0.2) is 5.82 Å². The third kappa shape index (κ3) is 5.87. The number of aryl methyl sites for hydroxylation is 1. The van der Waals surface area contributed by atoms with Crippen molar-refractivity contribution in [3.05, 3.63) is 66.0 Å². The van der Waals surface area contributed by atoms with Crippen LogP contribution in [-0.2, 0) is 19.6 Å². The van der Waals surface area contributed by atoms with Crippen LogP contribution >= 0.6 is 0 Å². The van der Waals surface area contributed by atoms with E-state index in [0.717, 1.165) is 58.9 Å². The highest BCUT2D eigenvalue weighted by Gasteiger charge is 2.22. The van der Waals surface area contributed by atoms with E-state index in [2.05, 4.69) is 50.9 Å². The number of unbranched alkanes of at least 4 members (excludes halogenated alkanes) is 1. The van der Waals surface area contributed by atoms with Gasteiger partial charge in [-0.1, -0.05) is 37.6 Å². The highest BCUT2D eigenvalue weighted by molar-refractivity contribution is 5.89. The van der Waals surface area contributed by atoms with E-state index in [0.29, 0.717) is 19.0 Å². The summed E-state index contributed by atoms with van der Waals surface area (Å²) in [4.78, 5) is 7.00. The third-order valence-corrected chi connectivity index (χ3v) is 5.95. The first-order chi connectivity index (χ1) is 17.5. The zero-order chi connectivity index (χ0) is 25.5. The van der Waals surface area contributed by atoms with Gasteiger partial charge in [0.05, 0.1) is 26.7 Å². The Kier molecular flexibility index (Phi) is 8.25. The van der Waals surface area contributed by atoms with Gasteiger partial charge in [-0.3, -0.25) is 0 Å². The van der Waals surface area contributed by atoms with Gasteiger partial charge in [-0.2, -0.15) is 0 Å². The lowest BCUT2D eigenvalue weighted by molar-refractivity contribution is 0.232. The molecule has 0 aliphatic rings. The van der Waals surface area contributed by atoms with Crippen LogP contribution in [0.1, 0.15) is 44.7 Å². The molecule has 2 aromatic heterocycles. The fourth-order valence-corrected chi connectivity index (χ4v) is 4.08. The maximum Gasteiger partial charge on any atom is 0.260 e. The minimum absolute atomic E-state index is 0.0161. The Bertz CT molecular complexity index is 1200. The molecular weight excluding hydrogens is 454 g/mol. The van der Waals surface area contributed by atoms with Gasteiger partial charge < -0.3 is 23.7 Å². The maximum atomic E-state index is 6.05. The van der Waals surface area contributed by atoms with E-state index in [9.17, 15) is 0 Å². The maximum absolute atomic E-state index is 6.05. The Morgan fingerprint density at radius 1 is 0.861 bits per heavy atom. The van der Waals surface area contributed by atoms with E-state index < -0.39 is 0 Å². The largest absolute Gasteiger partial charge is 0.497 e. The summed E-state index contributed by atoms with van der Waals surface area (Å²) in [7, 11) is 3.35. The van der Waals surface area contributed by atoms with Gasteiger partial charge in [0.1, 0.15) is 22.5 Å². The van der Waals surface area contributed by atoms with Crippen LogP contribution in [0.3, 0.4) is 0 Å². The fraction of sp³-hybridized carbons (Fsp3) is 0.393. The average Bonchev–Trinajstić information content (AvgIpc) is 3.32. The van der Waals surface area contributed by atoms with Gasteiger partial charge in [0, 0.05) is 19.6 Å². The summed E-state index contributed by atoms with van der Waals surface area (Å²) < 4.78 is 18.9. The van der Waals surface area contributed by atoms with Crippen molar-refractivity contribution < 1.29 is 14.2 Å². The number of rotatable bonds is 12. The number of benzene rings is 2. The lowest BCUT2D eigenvalue weighted by Gasteiger charge is -2.24. The van der Waals surface area contributed by atoms with Crippen molar-refractivity contribution in [2.45, 2.75) is 59.4 Å². The van der Waals surface area contributed by atoms with Crippen LogP contribution in [-0.4, -0.2) is 40.1 Å². The minimum atomic E-state index is -0.0161. The fourth-order valence-electron chi connectivity index (χ4n) is 4.08. The molecule has 0 atom stereocenters. The average molecular weight is 490 g/mol. The quantitative estimate of drug-likeness (QED) is 0.255. The molecule has 0 saturated carbocycles. The molecule has 0 aliphatic carbocycles. The second-order valence-electron chi connectivity index (χ2n) is 9.04. The van der Waals surface area contributed by atoms with Crippen LogP contribution in [0.2, 0.25) is 0 Å². The number of fused-ring (bicyclic) bond motifs is 1. The highest BCUT2D eigenvalue weighted by atomic mass is 16.5. The number of aromatic nitrogens is 4. The summed E-state index contributed by atoms with van der Waals surface area (Å²) in [6, 6.07) is 16.2. The molecule has 0 fully saturated rings. The van der Waals surface area contributed by atoms with Crippen molar-refractivity contribution in [2.75, 3.05) is 19.1 Å². The first-order valence-electron chi connectivity index (χ1n) is 12.4. The van der Waals surface area contributed by atoms with Gasteiger partial charge in [-0.15, -0.1) is 10.2 Å². The van der Waals surface area contributed by atoms with Crippen molar-refractivity contribution in [1.29, 1.82) is 0 Å². The van der Waals surface area contributed by atoms with Gasteiger partial charge in [-0.25, -0.2) is 4.98 Å². The van der Waals surface area contributed by atoms with E-state index in [1.54, 1.807) is 14.2 Å².